The Hall–Kier alpha value is -2.34. The van der Waals surface area contributed by atoms with Crippen LogP contribution in [0.15, 0.2) is 24.3 Å². The maximum atomic E-state index is 13.6. The summed E-state index contributed by atoms with van der Waals surface area (Å²) in [4.78, 5) is 0. The van der Waals surface area contributed by atoms with Crippen LogP contribution in [0.1, 0.15) is 11.1 Å². The van der Waals surface area contributed by atoms with Gasteiger partial charge in [0.1, 0.15) is 11.9 Å². The first-order chi connectivity index (χ1) is 10.0. The summed E-state index contributed by atoms with van der Waals surface area (Å²) in [5.41, 5.74) is -5.54. The molecule has 0 spiro atoms. The molecule has 0 aliphatic rings. The summed E-state index contributed by atoms with van der Waals surface area (Å²) in [5, 5.41) is 8.74. The van der Waals surface area contributed by atoms with Gasteiger partial charge < -0.3 is 4.18 Å². The fourth-order valence-corrected chi connectivity index (χ4v) is 2.28. The van der Waals surface area contributed by atoms with Gasteiger partial charge in [-0.25, -0.2) is 4.39 Å². The van der Waals surface area contributed by atoms with Crippen molar-refractivity contribution in [3.63, 3.8) is 0 Å². The number of fused-ring (bicyclic) bond motifs is 1. The zero-order valence-corrected chi connectivity index (χ0v) is 11.7. The minimum absolute atomic E-state index is 0.185. The van der Waals surface area contributed by atoms with Gasteiger partial charge in [-0.05, 0) is 36.1 Å². The molecule has 2 rings (SSSR count). The maximum Gasteiger partial charge on any atom is 0.534 e. The Balaban J connectivity index is 2.70. The van der Waals surface area contributed by atoms with Gasteiger partial charge in [0.2, 0.25) is 0 Å². The maximum absolute atomic E-state index is 13.6. The Kier molecular flexibility index (Phi) is 3.74. The van der Waals surface area contributed by atoms with Crippen LogP contribution in [0.4, 0.5) is 17.6 Å². The van der Waals surface area contributed by atoms with E-state index < -0.39 is 27.2 Å². The second-order valence-corrected chi connectivity index (χ2v) is 5.95. The number of alkyl halides is 3. The van der Waals surface area contributed by atoms with Gasteiger partial charge >= 0.3 is 15.6 Å². The molecule has 0 bridgehead atoms. The second kappa shape index (κ2) is 5.14. The van der Waals surface area contributed by atoms with Crippen molar-refractivity contribution in [1.29, 1.82) is 5.26 Å². The molecule has 0 saturated carbocycles. The standard InChI is InChI=1S/C13H7F4NO3S/c1-7-2-8-4-9(6-18)11(14)5-10(8)12(3-7)21-22(19,20)13(15,16)17/h2-5H,1H3. The van der Waals surface area contributed by atoms with E-state index in [1.54, 1.807) is 6.07 Å². The molecule has 0 saturated heterocycles. The smallest absolute Gasteiger partial charge is 0.375 e. The van der Waals surface area contributed by atoms with Crippen molar-refractivity contribution in [2.24, 2.45) is 0 Å². The van der Waals surface area contributed by atoms with Gasteiger partial charge in [0.15, 0.2) is 5.75 Å². The minimum atomic E-state index is -5.87. The summed E-state index contributed by atoms with van der Waals surface area (Å²) in [6.07, 6.45) is 0. The van der Waals surface area contributed by atoms with Crippen LogP contribution in [-0.4, -0.2) is 13.9 Å². The molecule has 22 heavy (non-hydrogen) atoms. The quantitative estimate of drug-likeness (QED) is 0.480. The lowest BCUT2D eigenvalue weighted by Gasteiger charge is -2.12. The molecule has 0 heterocycles. The Morgan fingerprint density at radius 2 is 1.82 bits per heavy atom. The molecule has 2 aromatic rings. The first-order valence-electron chi connectivity index (χ1n) is 5.70. The zero-order valence-electron chi connectivity index (χ0n) is 10.9. The normalized spacial score (nSPS) is 12.2. The SMILES string of the molecule is Cc1cc(OS(=O)(=O)C(F)(F)F)c2cc(F)c(C#N)cc2c1. The average molecular weight is 333 g/mol. The lowest BCUT2D eigenvalue weighted by molar-refractivity contribution is -0.0499. The van der Waals surface area contributed by atoms with Gasteiger partial charge in [-0.2, -0.15) is 26.9 Å². The zero-order chi connectivity index (χ0) is 16.7. The monoisotopic (exact) mass is 333 g/mol. The molecule has 4 nitrogen and oxygen atoms in total. The van der Waals surface area contributed by atoms with Crippen LogP contribution >= 0.6 is 0 Å². The van der Waals surface area contributed by atoms with Crippen molar-refractivity contribution in [3.8, 4) is 11.8 Å². The third kappa shape index (κ3) is 2.82. The Morgan fingerprint density at radius 3 is 2.36 bits per heavy atom. The van der Waals surface area contributed by atoms with E-state index >= 15 is 0 Å². The summed E-state index contributed by atoms with van der Waals surface area (Å²) in [6, 6.07) is 5.94. The third-order valence-corrected chi connectivity index (χ3v) is 3.72. The van der Waals surface area contributed by atoms with Gasteiger partial charge in [-0.1, -0.05) is 6.07 Å². The summed E-state index contributed by atoms with van der Waals surface area (Å²) < 4.78 is 77.0. The molecule has 0 aliphatic carbocycles. The van der Waals surface area contributed by atoms with E-state index in [1.807, 2.05) is 0 Å². The summed E-state index contributed by atoms with van der Waals surface area (Å²) in [7, 11) is -5.87. The van der Waals surface area contributed by atoms with Gasteiger partial charge in [0.25, 0.3) is 0 Å². The van der Waals surface area contributed by atoms with Crippen LogP contribution in [0.3, 0.4) is 0 Å². The van der Waals surface area contributed by atoms with Crippen LogP contribution in [0.5, 0.6) is 5.75 Å². The Labute approximate surface area is 122 Å². The number of benzene rings is 2. The number of halogens is 4. The highest BCUT2D eigenvalue weighted by molar-refractivity contribution is 7.88. The number of nitrogens with zero attached hydrogens (tertiary/aromatic N) is 1. The number of rotatable bonds is 2. The van der Waals surface area contributed by atoms with Gasteiger partial charge in [0.05, 0.1) is 5.56 Å². The van der Waals surface area contributed by atoms with E-state index in [9.17, 15) is 26.0 Å². The van der Waals surface area contributed by atoms with E-state index in [4.69, 9.17) is 5.26 Å². The minimum Gasteiger partial charge on any atom is -0.375 e. The van der Waals surface area contributed by atoms with Crippen molar-refractivity contribution < 1.29 is 30.2 Å². The highest BCUT2D eigenvalue weighted by Gasteiger charge is 2.48. The van der Waals surface area contributed by atoms with E-state index in [2.05, 4.69) is 4.18 Å². The van der Waals surface area contributed by atoms with Crippen LogP contribution in [0.2, 0.25) is 0 Å². The lowest BCUT2D eigenvalue weighted by atomic mass is 10.0. The van der Waals surface area contributed by atoms with Gasteiger partial charge in [-0.15, -0.1) is 0 Å². The molecule has 2 aromatic carbocycles. The van der Waals surface area contributed by atoms with Gasteiger partial charge in [-0.3, -0.25) is 0 Å². The summed E-state index contributed by atoms with van der Waals surface area (Å²) >= 11 is 0. The Bertz CT molecular complexity index is 898. The van der Waals surface area contributed by atoms with Crippen molar-refractivity contribution in [3.05, 3.63) is 41.2 Å². The number of aryl methyl sites for hydroxylation is 1. The predicted octanol–water partition coefficient (Wildman–Crippen LogP) is 3.39. The Morgan fingerprint density at radius 1 is 1.18 bits per heavy atom. The molecule has 0 radical (unpaired) electrons. The van der Waals surface area contributed by atoms with Crippen LogP contribution < -0.4 is 4.18 Å². The van der Waals surface area contributed by atoms with Crippen molar-refractivity contribution in [1.82, 2.24) is 0 Å². The van der Waals surface area contributed by atoms with Crippen molar-refractivity contribution in [2.45, 2.75) is 12.4 Å². The van der Waals surface area contributed by atoms with E-state index in [-0.39, 0.29) is 16.3 Å². The largest absolute Gasteiger partial charge is 0.534 e. The molecule has 0 unspecified atom stereocenters. The average Bonchev–Trinajstić information content (AvgIpc) is 2.37. The molecular formula is C13H7F4NO3S. The molecule has 0 N–H and O–H groups in total. The van der Waals surface area contributed by atoms with Gasteiger partial charge in [0, 0.05) is 5.39 Å². The summed E-state index contributed by atoms with van der Waals surface area (Å²) in [5.74, 6) is -1.65. The molecule has 0 aliphatic heterocycles. The number of hydrogen-bond donors (Lipinski definition) is 0. The fraction of sp³-hybridized carbons (Fsp3) is 0.154. The molecule has 0 atom stereocenters. The fourth-order valence-electron chi connectivity index (χ4n) is 1.81. The van der Waals surface area contributed by atoms with Crippen LogP contribution in [0.25, 0.3) is 10.8 Å². The number of nitriles is 1. The topological polar surface area (TPSA) is 67.2 Å². The number of hydrogen-bond acceptors (Lipinski definition) is 4. The molecule has 0 fully saturated rings. The van der Waals surface area contributed by atoms with Crippen LogP contribution in [-0.2, 0) is 10.1 Å². The first kappa shape index (κ1) is 16.0. The molecule has 116 valence electrons. The second-order valence-electron chi connectivity index (χ2n) is 4.41. The molecular weight excluding hydrogens is 326 g/mol. The molecule has 0 amide bonds. The lowest BCUT2D eigenvalue weighted by Crippen LogP contribution is -2.28. The third-order valence-electron chi connectivity index (χ3n) is 2.75. The highest BCUT2D eigenvalue weighted by atomic mass is 32.2. The van der Waals surface area contributed by atoms with E-state index in [1.165, 1.54) is 13.0 Å². The predicted molar refractivity (Wildman–Crippen MR) is 69.0 cm³/mol. The van der Waals surface area contributed by atoms with E-state index in [0.717, 1.165) is 18.2 Å². The van der Waals surface area contributed by atoms with Crippen LogP contribution in [0, 0.1) is 24.1 Å². The summed E-state index contributed by atoms with van der Waals surface area (Å²) in [6.45, 7) is 1.49. The van der Waals surface area contributed by atoms with Crippen molar-refractivity contribution in [2.75, 3.05) is 0 Å². The van der Waals surface area contributed by atoms with Crippen molar-refractivity contribution >= 4 is 20.9 Å². The van der Waals surface area contributed by atoms with E-state index in [0.29, 0.717) is 5.56 Å². The molecule has 0 aromatic heterocycles. The molecule has 9 heteroatoms. The highest BCUT2D eigenvalue weighted by Crippen LogP contribution is 2.34. The first-order valence-corrected chi connectivity index (χ1v) is 7.11.